The molecule has 0 saturated heterocycles. The fourth-order valence-electron chi connectivity index (χ4n) is 1.99. The lowest BCUT2D eigenvalue weighted by atomic mass is 9.93. The smallest absolute Gasteiger partial charge is 0.208 e. The van der Waals surface area contributed by atoms with E-state index in [1.807, 2.05) is 0 Å². The first-order valence-corrected chi connectivity index (χ1v) is 4.86. The van der Waals surface area contributed by atoms with Crippen LogP contribution in [0.1, 0.15) is 38.5 Å². The van der Waals surface area contributed by atoms with E-state index in [1.165, 1.54) is 0 Å². The third-order valence-corrected chi connectivity index (χ3v) is 2.76. The topological polar surface area (TPSA) is 29.4 Å². The van der Waals surface area contributed by atoms with E-state index in [0.717, 1.165) is 38.5 Å². The van der Waals surface area contributed by atoms with Crippen molar-refractivity contribution in [1.82, 2.24) is 0 Å². The van der Waals surface area contributed by atoms with Gasteiger partial charge in [-0.3, -0.25) is 0 Å². The molecule has 76 valence electrons. The lowest BCUT2D eigenvalue weighted by Gasteiger charge is -2.18. The second kappa shape index (κ2) is 5.25. The summed E-state index contributed by atoms with van der Waals surface area (Å²) in [5, 5.41) is 2.55. The highest BCUT2D eigenvalue weighted by Gasteiger charge is 2.30. The van der Waals surface area contributed by atoms with Crippen molar-refractivity contribution in [3.05, 3.63) is 4.91 Å². The zero-order valence-electron chi connectivity index (χ0n) is 7.59. The van der Waals surface area contributed by atoms with Crippen LogP contribution in [-0.4, -0.2) is 12.5 Å². The van der Waals surface area contributed by atoms with Crippen molar-refractivity contribution in [2.45, 2.75) is 51.0 Å². The summed E-state index contributed by atoms with van der Waals surface area (Å²) in [5.74, 6) is -0.181. The highest BCUT2D eigenvalue weighted by Crippen LogP contribution is 2.29. The van der Waals surface area contributed by atoms with E-state index in [9.17, 15) is 13.7 Å². The third-order valence-electron chi connectivity index (χ3n) is 2.76. The van der Waals surface area contributed by atoms with Crippen molar-refractivity contribution >= 4 is 0 Å². The van der Waals surface area contributed by atoms with Crippen molar-refractivity contribution in [3.63, 3.8) is 0 Å². The van der Waals surface area contributed by atoms with Gasteiger partial charge in [0, 0.05) is 0 Å². The van der Waals surface area contributed by atoms with Crippen molar-refractivity contribution in [1.29, 1.82) is 0 Å². The zero-order valence-corrected chi connectivity index (χ0v) is 7.59. The van der Waals surface area contributed by atoms with Gasteiger partial charge in [-0.1, -0.05) is 30.9 Å². The van der Waals surface area contributed by atoms with Gasteiger partial charge in [-0.05, 0) is 18.8 Å². The first-order valence-electron chi connectivity index (χ1n) is 4.86. The molecule has 2 nitrogen and oxygen atoms in total. The molecule has 0 aliphatic heterocycles. The lowest BCUT2D eigenvalue weighted by molar-refractivity contribution is 0.0844. The molecule has 1 aliphatic carbocycles. The molecule has 0 aromatic carbocycles. The molecule has 1 rings (SSSR count). The van der Waals surface area contributed by atoms with E-state index < -0.39 is 12.5 Å². The number of hydrogen-bond donors (Lipinski definition) is 0. The Morgan fingerprint density at radius 3 is 2.00 bits per heavy atom. The number of halogens is 2. The fourth-order valence-corrected chi connectivity index (χ4v) is 1.99. The van der Waals surface area contributed by atoms with Crippen LogP contribution in [0.5, 0.6) is 0 Å². The van der Waals surface area contributed by atoms with Gasteiger partial charge in [0.2, 0.25) is 0 Å². The molecule has 1 fully saturated rings. The molecule has 0 N–H and O–H groups in total. The monoisotopic (exact) mass is 191 g/mol. The average molecular weight is 191 g/mol. The summed E-state index contributed by atoms with van der Waals surface area (Å²) >= 11 is 0. The van der Waals surface area contributed by atoms with Crippen LogP contribution < -0.4 is 0 Å². The second-order valence-corrected chi connectivity index (χ2v) is 3.68. The highest BCUT2D eigenvalue weighted by molar-refractivity contribution is 4.79. The Hall–Kier alpha value is -0.540. The van der Waals surface area contributed by atoms with E-state index in [0.29, 0.717) is 0 Å². The minimum atomic E-state index is -2.58. The molecule has 0 amide bonds. The number of rotatable bonds is 3. The van der Waals surface area contributed by atoms with Gasteiger partial charge in [0.15, 0.2) is 6.04 Å². The molecule has 0 bridgehead atoms. The molecule has 1 aliphatic rings. The summed E-state index contributed by atoms with van der Waals surface area (Å²) in [6, 6.07) is -1.27. The average Bonchev–Trinajstić information content (AvgIpc) is 2.33. The van der Waals surface area contributed by atoms with E-state index in [4.69, 9.17) is 0 Å². The number of hydrogen-bond acceptors (Lipinski definition) is 2. The predicted octanol–water partition coefficient (Wildman–Crippen LogP) is 3.36. The molecular weight excluding hydrogens is 176 g/mol. The Morgan fingerprint density at radius 2 is 1.62 bits per heavy atom. The van der Waals surface area contributed by atoms with Gasteiger partial charge in [-0.2, -0.15) is 4.91 Å². The van der Waals surface area contributed by atoms with Gasteiger partial charge in [-0.15, -0.1) is 0 Å². The maximum atomic E-state index is 12.3. The Kier molecular flexibility index (Phi) is 4.25. The van der Waals surface area contributed by atoms with Gasteiger partial charge >= 0.3 is 0 Å². The van der Waals surface area contributed by atoms with Crippen LogP contribution in [0.25, 0.3) is 0 Å². The van der Waals surface area contributed by atoms with Crippen LogP contribution in [0, 0.1) is 10.8 Å². The van der Waals surface area contributed by atoms with Crippen LogP contribution in [0.15, 0.2) is 5.18 Å². The standard InChI is InChI=1S/C9H15F2NO/c10-9(11)8(12-13)7-5-3-1-2-4-6-7/h7-9H,1-6H2. The van der Waals surface area contributed by atoms with Crippen molar-refractivity contribution in [3.8, 4) is 0 Å². The summed E-state index contributed by atoms with van der Waals surface area (Å²) in [6.45, 7) is 0. The molecule has 0 radical (unpaired) electrons. The van der Waals surface area contributed by atoms with Crippen molar-refractivity contribution < 1.29 is 8.78 Å². The normalized spacial score (nSPS) is 22.7. The van der Waals surface area contributed by atoms with Crippen LogP contribution >= 0.6 is 0 Å². The first kappa shape index (κ1) is 10.5. The van der Waals surface area contributed by atoms with E-state index in [1.54, 1.807) is 0 Å². The van der Waals surface area contributed by atoms with Crippen LogP contribution in [0.2, 0.25) is 0 Å². The summed E-state index contributed by atoms with van der Waals surface area (Å²) in [5.41, 5.74) is 0. The van der Waals surface area contributed by atoms with Gasteiger partial charge in [0.05, 0.1) is 0 Å². The Morgan fingerprint density at radius 1 is 1.08 bits per heavy atom. The molecule has 1 unspecified atom stereocenters. The van der Waals surface area contributed by atoms with E-state index >= 15 is 0 Å². The number of nitrogens with zero attached hydrogens (tertiary/aromatic N) is 1. The van der Waals surface area contributed by atoms with Gasteiger partial charge in [0.25, 0.3) is 6.43 Å². The highest BCUT2D eigenvalue weighted by atomic mass is 19.3. The summed E-state index contributed by atoms with van der Waals surface area (Å²) < 4.78 is 24.6. The largest absolute Gasteiger partial charge is 0.264 e. The van der Waals surface area contributed by atoms with E-state index in [2.05, 4.69) is 5.18 Å². The molecule has 1 saturated carbocycles. The second-order valence-electron chi connectivity index (χ2n) is 3.68. The SMILES string of the molecule is O=NC(C(F)F)C1CCCCCC1. The Bertz CT molecular complexity index is 156. The van der Waals surface area contributed by atoms with Crippen molar-refractivity contribution in [2.75, 3.05) is 0 Å². The Labute approximate surface area is 76.7 Å². The van der Waals surface area contributed by atoms with Crippen LogP contribution in [0.4, 0.5) is 8.78 Å². The first-order chi connectivity index (χ1) is 6.25. The van der Waals surface area contributed by atoms with Gasteiger partial charge < -0.3 is 0 Å². The van der Waals surface area contributed by atoms with Gasteiger partial charge in [0.1, 0.15) is 0 Å². The van der Waals surface area contributed by atoms with Crippen LogP contribution in [-0.2, 0) is 0 Å². The van der Waals surface area contributed by atoms with Gasteiger partial charge in [-0.25, -0.2) is 8.78 Å². The molecular formula is C9H15F2NO. The summed E-state index contributed by atoms with van der Waals surface area (Å²) in [4.78, 5) is 10.2. The quantitative estimate of drug-likeness (QED) is 0.496. The molecule has 13 heavy (non-hydrogen) atoms. The summed E-state index contributed by atoms with van der Waals surface area (Å²) in [6.07, 6.45) is 3.02. The number of nitroso groups, excluding NO2 is 1. The minimum absolute atomic E-state index is 0.181. The fraction of sp³-hybridized carbons (Fsp3) is 1.00. The van der Waals surface area contributed by atoms with E-state index in [-0.39, 0.29) is 5.92 Å². The Balaban J connectivity index is 2.50. The minimum Gasteiger partial charge on any atom is -0.208 e. The molecule has 0 spiro atoms. The third kappa shape index (κ3) is 3.01. The maximum Gasteiger partial charge on any atom is 0.264 e. The number of alkyl halides is 2. The molecule has 0 aromatic rings. The maximum absolute atomic E-state index is 12.3. The molecule has 4 heteroatoms. The molecule has 1 atom stereocenters. The molecule has 0 heterocycles. The van der Waals surface area contributed by atoms with Crippen molar-refractivity contribution in [2.24, 2.45) is 11.1 Å². The predicted molar refractivity (Wildman–Crippen MR) is 46.8 cm³/mol. The molecule has 0 aromatic heterocycles. The van der Waals surface area contributed by atoms with Crippen LogP contribution in [0.3, 0.4) is 0 Å². The summed E-state index contributed by atoms with van der Waals surface area (Å²) in [7, 11) is 0. The zero-order chi connectivity index (χ0) is 9.68. The lowest BCUT2D eigenvalue weighted by Crippen LogP contribution is -2.25.